The molecular weight excluding hydrogens is 406 g/mol. The molecule has 1 aromatic rings. The molecule has 1 aromatic carbocycles. The highest BCUT2D eigenvalue weighted by Crippen LogP contribution is 2.34. The van der Waals surface area contributed by atoms with Gasteiger partial charge < -0.3 is 15.4 Å². The zero-order chi connectivity index (χ0) is 20.4. The van der Waals surface area contributed by atoms with Gasteiger partial charge in [-0.15, -0.1) is 0 Å². The molecule has 2 aliphatic rings. The summed E-state index contributed by atoms with van der Waals surface area (Å²) in [5, 5.41) is 4.88. The molecule has 2 heterocycles. The van der Waals surface area contributed by atoms with Crippen molar-refractivity contribution in [3.8, 4) is 0 Å². The second kappa shape index (κ2) is 8.52. The van der Waals surface area contributed by atoms with E-state index in [2.05, 4.69) is 10.6 Å². The molecule has 2 amide bonds. The first kappa shape index (κ1) is 20.7. The van der Waals surface area contributed by atoms with E-state index in [0.717, 1.165) is 11.0 Å². The van der Waals surface area contributed by atoms with Gasteiger partial charge in [-0.3, -0.25) is 9.69 Å². The van der Waals surface area contributed by atoms with Gasteiger partial charge in [-0.2, -0.15) is 0 Å². The molecule has 0 spiro atoms. The van der Waals surface area contributed by atoms with E-state index in [1.807, 2.05) is 0 Å². The minimum absolute atomic E-state index is 0.0176. The van der Waals surface area contributed by atoms with Crippen LogP contribution in [0.2, 0.25) is 5.02 Å². The molecule has 11 heteroatoms. The number of benzene rings is 1. The summed E-state index contributed by atoms with van der Waals surface area (Å²) in [6, 6.07) is 3.11. The molecule has 4 atom stereocenters. The van der Waals surface area contributed by atoms with Crippen molar-refractivity contribution in [2.45, 2.75) is 31.3 Å². The smallest absolute Gasteiger partial charge is 0.408 e. The summed E-state index contributed by atoms with van der Waals surface area (Å²) in [6.45, 7) is 0.0296. The third-order valence-corrected chi connectivity index (χ3v) is 5.15. The van der Waals surface area contributed by atoms with E-state index >= 15 is 0 Å². The number of cyclic esters (lactones) is 1. The number of hydrogen-bond acceptors (Lipinski definition) is 4. The Morgan fingerprint density at radius 1 is 1.36 bits per heavy atom. The lowest BCUT2D eigenvalue weighted by molar-refractivity contribution is -0.128. The van der Waals surface area contributed by atoms with Crippen LogP contribution in [0, 0.1) is 11.7 Å². The Balaban J connectivity index is 1.79. The molecule has 3 unspecified atom stereocenters. The second-order valence-electron chi connectivity index (χ2n) is 6.69. The minimum Gasteiger partial charge on any atom is -0.434 e. The molecule has 2 aliphatic heterocycles. The topological polar surface area (TPSA) is 70.7 Å². The lowest BCUT2D eigenvalue weighted by atomic mass is 9.92. The van der Waals surface area contributed by atoms with Gasteiger partial charge >= 0.3 is 6.09 Å². The second-order valence-corrected chi connectivity index (χ2v) is 7.09. The Morgan fingerprint density at radius 3 is 2.71 bits per heavy atom. The van der Waals surface area contributed by atoms with Crippen LogP contribution in [0.15, 0.2) is 18.2 Å². The molecule has 2 fully saturated rings. The first-order valence-corrected chi connectivity index (χ1v) is 9.00. The monoisotopic (exact) mass is 423 g/mol. The van der Waals surface area contributed by atoms with Crippen LogP contribution in [0.5, 0.6) is 0 Å². The number of amides is 2. The van der Waals surface area contributed by atoms with Crippen molar-refractivity contribution in [2.75, 3.05) is 19.6 Å². The lowest BCUT2D eigenvalue weighted by Gasteiger charge is -2.27. The third-order valence-electron chi connectivity index (χ3n) is 4.86. The summed E-state index contributed by atoms with van der Waals surface area (Å²) in [7, 11) is 0. The van der Waals surface area contributed by atoms with Crippen molar-refractivity contribution < 1.29 is 31.9 Å². The van der Waals surface area contributed by atoms with Crippen LogP contribution < -0.4 is 10.6 Å². The highest BCUT2D eigenvalue weighted by Gasteiger charge is 2.39. The van der Waals surface area contributed by atoms with Crippen molar-refractivity contribution in [3.05, 3.63) is 34.6 Å². The maximum atomic E-state index is 13.7. The third kappa shape index (κ3) is 4.49. The summed E-state index contributed by atoms with van der Waals surface area (Å²) in [6.07, 6.45) is -7.01. The fourth-order valence-corrected chi connectivity index (χ4v) is 3.62. The number of nitrogens with one attached hydrogen (secondary N) is 2. The SMILES string of the molecule is O=C1NCC(C(=O)N[C@@H](c2ccc(F)c(Cl)c2)C2CCN(C(F)C(F)F)C2)O1. The molecular formula is C17H18ClF4N3O3. The molecule has 0 saturated carbocycles. The maximum absolute atomic E-state index is 13.7. The van der Waals surface area contributed by atoms with Crippen molar-refractivity contribution in [1.82, 2.24) is 15.5 Å². The van der Waals surface area contributed by atoms with Gasteiger partial charge in [0.05, 0.1) is 17.6 Å². The van der Waals surface area contributed by atoms with Crippen LogP contribution >= 0.6 is 11.6 Å². The zero-order valence-electron chi connectivity index (χ0n) is 14.5. The summed E-state index contributed by atoms with van der Waals surface area (Å²) >= 11 is 5.83. The van der Waals surface area contributed by atoms with Crippen LogP contribution in [0.1, 0.15) is 18.0 Å². The fraction of sp³-hybridized carbons (Fsp3) is 0.529. The molecule has 2 saturated heterocycles. The van der Waals surface area contributed by atoms with E-state index in [-0.39, 0.29) is 24.7 Å². The normalized spacial score (nSPS) is 24.7. The summed E-state index contributed by atoms with van der Waals surface area (Å²) in [5.41, 5.74) is 0.441. The fourth-order valence-electron chi connectivity index (χ4n) is 3.43. The molecule has 2 N–H and O–H groups in total. The first-order valence-electron chi connectivity index (χ1n) is 8.62. The van der Waals surface area contributed by atoms with Crippen LogP contribution in [0.4, 0.5) is 22.4 Å². The van der Waals surface area contributed by atoms with Gasteiger partial charge in [0, 0.05) is 13.1 Å². The Bertz CT molecular complexity index is 754. The van der Waals surface area contributed by atoms with E-state index < -0.39 is 48.6 Å². The van der Waals surface area contributed by atoms with Crippen molar-refractivity contribution in [3.63, 3.8) is 0 Å². The summed E-state index contributed by atoms with van der Waals surface area (Å²) < 4.78 is 57.4. The lowest BCUT2D eigenvalue weighted by Crippen LogP contribution is -2.42. The van der Waals surface area contributed by atoms with Crippen LogP contribution in [0.25, 0.3) is 0 Å². The van der Waals surface area contributed by atoms with E-state index in [1.54, 1.807) is 0 Å². The van der Waals surface area contributed by atoms with E-state index in [4.69, 9.17) is 16.3 Å². The number of likely N-dealkylation sites (tertiary alicyclic amines) is 1. The van der Waals surface area contributed by atoms with Gasteiger partial charge in [-0.05, 0) is 30.0 Å². The van der Waals surface area contributed by atoms with Gasteiger partial charge in [0.2, 0.25) is 6.30 Å². The predicted octanol–water partition coefficient (Wildman–Crippen LogP) is 2.63. The molecule has 28 heavy (non-hydrogen) atoms. The number of hydrogen-bond donors (Lipinski definition) is 2. The highest BCUT2D eigenvalue weighted by atomic mass is 35.5. The largest absolute Gasteiger partial charge is 0.434 e. The highest BCUT2D eigenvalue weighted by molar-refractivity contribution is 6.30. The molecule has 0 bridgehead atoms. The number of halogens is 5. The average Bonchev–Trinajstić information content (AvgIpc) is 3.30. The van der Waals surface area contributed by atoms with Gasteiger partial charge in [0.15, 0.2) is 6.10 Å². The zero-order valence-corrected chi connectivity index (χ0v) is 15.3. The number of ether oxygens (including phenoxy) is 1. The van der Waals surface area contributed by atoms with Crippen LogP contribution in [0.3, 0.4) is 0 Å². The van der Waals surface area contributed by atoms with Crippen molar-refractivity contribution in [1.29, 1.82) is 0 Å². The van der Waals surface area contributed by atoms with Crippen molar-refractivity contribution >= 4 is 23.6 Å². The number of rotatable bonds is 6. The Morgan fingerprint density at radius 2 is 2.11 bits per heavy atom. The van der Waals surface area contributed by atoms with E-state index in [1.165, 1.54) is 12.1 Å². The molecule has 3 rings (SSSR count). The molecule has 0 radical (unpaired) electrons. The Labute approximate surface area is 163 Å². The quantitative estimate of drug-likeness (QED) is 0.545. The molecule has 0 aromatic heterocycles. The first-order chi connectivity index (χ1) is 13.3. The number of alkyl carbamates (subject to hydrolysis) is 1. The number of nitrogens with zero attached hydrogens (tertiary/aromatic N) is 1. The average molecular weight is 424 g/mol. The number of carbonyl (C=O) groups is 2. The van der Waals surface area contributed by atoms with Crippen molar-refractivity contribution in [2.24, 2.45) is 5.92 Å². The van der Waals surface area contributed by atoms with Gasteiger partial charge in [-0.25, -0.2) is 22.4 Å². The van der Waals surface area contributed by atoms with Gasteiger partial charge in [-0.1, -0.05) is 17.7 Å². The van der Waals surface area contributed by atoms with E-state index in [9.17, 15) is 27.2 Å². The van der Waals surface area contributed by atoms with Crippen LogP contribution in [-0.4, -0.2) is 55.4 Å². The van der Waals surface area contributed by atoms with Gasteiger partial charge in [0.1, 0.15) is 5.82 Å². The van der Waals surface area contributed by atoms with Gasteiger partial charge in [0.25, 0.3) is 12.3 Å². The Hall–Kier alpha value is -2.07. The maximum Gasteiger partial charge on any atom is 0.408 e. The van der Waals surface area contributed by atoms with Crippen LogP contribution in [-0.2, 0) is 9.53 Å². The Kier molecular flexibility index (Phi) is 6.29. The predicted molar refractivity (Wildman–Crippen MR) is 91.1 cm³/mol. The van der Waals surface area contributed by atoms with E-state index in [0.29, 0.717) is 12.0 Å². The molecule has 6 nitrogen and oxygen atoms in total. The molecule has 154 valence electrons. The minimum atomic E-state index is -3.14. The summed E-state index contributed by atoms with van der Waals surface area (Å²) in [4.78, 5) is 24.6. The summed E-state index contributed by atoms with van der Waals surface area (Å²) in [5.74, 6) is -1.68. The standard InChI is InChI=1S/C17H18ClF4N3O3/c18-10-5-8(1-2-11(10)19)13(24-16(26)12-6-23-17(27)28-12)9-3-4-25(7-9)15(22)14(20)21/h1-2,5,9,12-15H,3-4,6-7H2,(H,23,27)(H,24,26)/t9?,12?,13-,15?/m0/s1. The molecule has 0 aliphatic carbocycles. The number of alkyl halides is 3. The number of carbonyl (C=O) groups excluding carboxylic acids is 2.